The van der Waals surface area contributed by atoms with Crippen molar-refractivity contribution in [2.45, 2.75) is 52.7 Å². The van der Waals surface area contributed by atoms with Crippen molar-refractivity contribution >= 4 is 12.0 Å². The van der Waals surface area contributed by atoms with Crippen LogP contribution in [0.4, 0.5) is 4.79 Å². The molecule has 0 saturated heterocycles. The summed E-state index contributed by atoms with van der Waals surface area (Å²) in [6, 6.07) is -0.542. The lowest BCUT2D eigenvalue weighted by Crippen LogP contribution is -2.50. The Balaban J connectivity index is 4.71. The second-order valence-electron chi connectivity index (χ2n) is 5.74. The number of ether oxygens (including phenoxy) is 1. The fourth-order valence-electron chi connectivity index (χ4n) is 1.40. The number of amides is 2. The number of carbonyl (C=O) groups is 2. The van der Waals surface area contributed by atoms with Gasteiger partial charge in [0, 0.05) is 14.1 Å². The second kappa shape index (κ2) is 6.61. The van der Waals surface area contributed by atoms with Gasteiger partial charge in [0.1, 0.15) is 11.6 Å². The van der Waals surface area contributed by atoms with Crippen molar-refractivity contribution in [3.63, 3.8) is 0 Å². The molecule has 0 aromatic carbocycles. The molecule has 0 saturated carbocycles. The summed E-state index contributed by atoms with van der Waals surface area (Å²) >= 11 is 0. The number of nitrogens with zero attached hydrogens (tertiary/aromatic N) is 1. The van der Waals surface area contributed by atoms with Gasteiger partial charge < -0.3 is 15.0 Å². The van der Waals surface area contributed by atoms with Crippen LogP contribution >= 0.6 is 0 Å². The average Bonchev–Trinajstić information content (AvgIpc) is 2.21. The molecule has 0 aromatic rings. The third-order valence-electron chi connectivity index (χ3n) is 2.59. The van der Waals surface area contributed by atoms with Gasteiger partial charge in [0.05, 0.1) is 0 Å². The van der Waals surface area contributed by atoms with Crippen molar-refractivity contribution in [2.24, 2.45) is 5.92 Å². The first-order chi connectivity index (χ1) is 8.08. The topological polar surface area (TPSA) is 58.6 Å². The van der Waals surface area contributed by atoms with E-state index in [9.17, 15) is 9.59 Å². The number of likely N-dealkylation sites (N-methyl/N-ethyl adjacent to an activating group) is 1. The minimum atomic E-state index is -0.564. The molecule has 0 bridgehead atoms. The van der Waals surface area contributed by atoms with E-state index in [0.29, 0.717) is 0 Å². The third-order valence-corrected chi connectivity index (χ3v) is 2.59. The van der Waals surface area contributed by atoms with Crippen LogP contribution in [0.5, 0.6) is 0 Å². The molecule has 0 aliphatic rings. The molecule has 0 fully saturated rings. The van der Waals surface area contributed by atoms with Gasteiger partial charge in [0.2, 0.25) is 5.91 Å². The van der Waals surface area contributed by atoms with Crippen molar-refractivity contribution < 1.29 is 14.3 Å². The van der Waals surface area contributed by atoms with Crippen LogP contribution in [0, 0.1) is 5.92 Å². The molecular formula is C13H26N2O3. The van der Waals surface area contributed by atoms with Gasteiger partial charge in [-0.05, 0) is 26.7 Å². The van der Waals surface area contributed by atoms with Crippen LogP contribution in [0.3, 0.4) is 0 Å². The molecule has 2 amide bonds. The predicted molar refractivity (Wildman–Crippen MR) is 71.3 cm³/mol. The monoisotopic (exact) mass is 258 g/mol. The first kappa shape index (κ1) is 16.7. The van der Waals surface area contributed by atoms with Crippen LogP contribution in [0.1, 0.15) is 41.0 Å². The molecule has 18 heavy (non-hydrogen) atoms. The Kier molecular flexibility index (Phi) is 6.15. The van der Waals surface area contributed by atoms with E-state index in [2.05, 4.69) is 5.32 Å². The first-order valence-corrected chi connectivity index (χ1v) is 6.29. The van der Waals surface area contributed by atoms with Gasteiger partial charge in [0.15, 0.2) is 0 Å². The van der Waals surface area contributed by atoms with E-state index in [1.807, 2.05) is 13.8 Å². The van der Waals surface area contributed by atoms with Gasteiger partial charge in [-0.1, -0.05) is 20.3 Å². The lowest BCUT2D eigenvalue weighted by molar-refractivity contribution is -0.132. The van der Waals surface area contributed by atoms with Crippen LogP contribution in [0.25, 0.3) is 0 Å². The molecule has 5 heteroatoms. The van der Waals surface area contributed by atoms with Crippen LogP contribution in [0.2, 0.25) is 0 Å². The summed E-state index contributed by atoms with van der Waals surface area (Å²) in [5, 5.41) is 2.65. The normalized spacial score (nSPS) is 14.6. The molecule has 0 heterocycles. The fourth-order valence-corrected chi connectivity index (χ4v) is 1.40. The molecule has 5 nitrogen and oxygen atoms in total. The highest BCUT2D eigenvalue weighted by Gasteiger charge is 2.29. The van der Waals surface area contributed by atoms with Gasteiger partial charge in [0.25, 0.3) is 0 Å². The highest BCUT2D eigenvalue weighted by Crippen LogP contribution is 2.12. The zero-order chi connectivity index (χ0) is 14.5. The maximum absolute atomic E-state index is 12.0. The molecule has 106 valence electrons. The van der Waals surface area contributed by atoms with Gasteiger partial charge in [-0.25, -0.2) is 4.79 Å². The van der Waals surface area contributed by atoms with Crippen LogP contribution in [-0.4, -0.2) is 42.6 Å². The fraction of sp³-hybridized carbons (Fsp3) is 0.846. The maximum atomic E-state index is 12.0. The van der Waals surface area contributed by atoms with Crippen molar-refractivity contribution in [3.8, 4) is 0 Å². The van der Waals surface area contributed by atoms with E-state index >= 15 is 0 Å². The Hall–Kier alpha value is -1.26. The molecule has 0 radical (unpaired) electrons. The predicted octanol–water partition coefficient (Wildman–Crippen LogP) is 2.01. The standard InChI is InChI=1S/C13H26N2O3/c1-8-9(2)10(11(16)15(6)7)14-12(17)18-13(3,4)5/h9-10H,8H2,1-7H3,(H,14,17). The van der Waals surface area contributed by atoms with Crippen molar-refractivity contribution in [1.82, 2.24) is 10.2 Å². The average molecular weight is 258 g/mol. The summed E-state index contributed by atoms with van der Waals surface area (Å²) in [7, 11) is 3.35. The van der Waals surface area contributed by atoms with Gasteiger partial charge in [-0.3, -0.25) is 4.79 Å². The van der Waals surface area contributed by atoms with E-state index in [1.165, 1.54) is 4.90 Å². The summed E-state index contributed by atoms with van der Waals surface area (Å²) in [5.41, 5.74) is -0.564. The molecular weight excluding hydrogens is 232 g/mol. The van der Waals surface area contributed by atoms with Crippen molar-refractivity contribution in [3.05, 3.63) is 0 Å². The number of hydrogen-bond donors (Lipinski definition) is 1. The van der Waals surface area contributed by atoms with E-state index in [1.54, 1.807) is 34.9 Å². The summed E-state index contributed by atoms with van der Waals surface area (Å²) in [5.74, 6) is -0.0531. The lowest BCUT2D eigenvalue weighted by atomic mass is 9.98. The summed E-state index contributed by atoms with van der Waals surface area (Å²) in [4.78, 5) is 25.2. The van der Waals surface area contributed by atoms with Crippen LogP contribution in [-0.2, 0) is 9.53 Å². The minimum absolute atomic E-state index is 0.0624. The van der Waals surface area contributed by atoms with Gasteiger partial charge >= 0.3 is 6.09 Å². The second-order valence-corrected chi connectivity index (χ2v) is 5.74. The van der Waals surface area contributed by atoms with E-state index in [4.69, 9.17) is 4.74 Å². The van der Waals surface area contributed by atoms with Crippen molar-refractivity contribution in [1.29, 1.82) is 0 Å². The van der Waals surface area contributed by atoms with E-state index in [0.717, 1.165) is 6.42 Å². The molecule has 2 atom stereocenters. The van der Waals surface area contributed by atoms with Crippen LogP contribution < -0.4 is 5.32 Å². The number of hydrogen-bond acceptors (Lipinski definition) is 3. The Labute approximate surface area is 110 Å². The molecule has 2 unspecified atom stereocenters. The zero-order valence-corrected chi connectivity index (χ0v) is 12.5. The summed E-state index contributed by atoms with van der Waals surface area (Å²) < 4.78 is 5.17. The zero-order valence-electron chi connectivity index (χ0n) is 12.5. The Morgan fingerprint density at radius 3 is 2.11 bits per heavy atom. The molecule has 0 rings (SSSR count). The third kappa shape index (κ3) is 5.89. The smallest absolute Gasteiger partial charge is 0.408 e. The summed E-state index contributed by atoms with van der Waals surface area (Å²) in [6.45, 7) is 9.29. The van der Waals surface area contributed by atoms with E-state index in [-0.39, 0.29) is 11.8 Å². The first-order valence-electron chi connectivity index (χ1n) is 6.29. The minimum Gasteiger partial charge on any atom is -0.444 e. The van der Waals surface area contributed by atoms with E-state index < -0.39 is 17.7 Å². The Morgan fingerprint density at radius 2 is 1.78 bits per heavy atom. The van der Waals surface area contributed by atoms with Gasteiger partial charge in [-0.15, -0.1) is 0 Å². The highest BCUT2D eigenvalue weighted by molar-refractivity contribution is 5.85. The largest absolute Gasteiger partial charge is 0.444 e. The lowest BCUT2D eigenvalue weighted by Gasteiger charge is -2.28. The number of nitrogens with one attached hydrogen (secondary N) is 1. The Morgan fingerprint density at radius 1 is 1.28 bits per heavy atom. The van der Waals surface area contributed by atoms with Crippen molar-refractivity contribution in [2.75, 3.05) is 14.1 Å². The SMILES string of the molecule is CCC(C)C(NC(=O)OC(C)(C)C)C(=O)N(C)C. The number of rotatable bonds is 4. The quantitative estimate of drug-likeness (QED) is 0.839. The highest BCUT2D eigenvalue weighted by atomic mass is 16.6. The van der Waals surface area contributed by atoms with Gasteiger partial charge in [-0.2, -0.15) is 0 Å². The summed E-state index contributed by atoms with van der Waals surface area (Å²) in [6.07, 6.45) is 0.253. The molecule has 0 spiro atoms. The molecule has 0 aliphatic carbocycles. The molecule has 0 aliphatic heterocycles. The Bertz CT molecular complexity index is 295. The maximum Gasteiger partial charge on any atom is 0.408 e. The molecule has 0 aromatic heterocycles. The number of alkyl carbamates (subject to hydrolysis) is 1. The van der Waals surface area contributed by atoms with Crippen LogP contribution in [0.15, 0.2) is 0 Å². The molecule has 1 N–H and O–H groups in total. The number of carbonyl (C=O) groups excluding carboxylic acids is 2.